The van der Waals surface area contributed by atoms with Gasteiger partial charge in [0, 0.05) is 12.0 Å². The van der Waals surface area contributed by atoms with E-state index in [2.05, 4.69) is 41.5 Å². The first-order chi connectivity index (χ1) is 15.7. The lowest BCUT2D eigenvalue weighted by molar-refractivity contribution is 0.0520. The van der Waals surface area contributed by atoms with E-state index >= 15 is 0 Å². The zero-order chi connectivity index (χ0) is 23.6. The Morgan fingerprint density at radius 2 is 1.67 bits per heavy atom. The molecule has 2 N–H and O–H groups in total. The minimum Gasteiger partial charge on any atom is -0.449 e. The number of hydrogen-bond donors (Lipinski definition) is 2. The van der Waals surface area contributed by atoms with Crippen LogP contribution in [0.15, 0.2) is 61.2 Å². The summed E-state index contributed by atoms with van der Waals surface area (Å²) in [5, 5.41) is 5.78. The van der Waals surface area contributed by atoms with Crippen molar-refractivity contribution in [1.82, 2.24) is 10.6 Å². The number of benzene rings is 2. The molecule has 2 aromatic carbocycles. The predicted octanol–water partition coefficient (Wildman–Crippen LogP) is 5.38. The monoisotopic (exact) mass is 448 g/mol. The number of rotatable bonds is 7. The molecule has 6 heteroatoms. The van der Waals surface area contributed by atoms with E-state index in [1.807, 2.05) is 45.0 Å². The maximum absolute atomic E-state index is 12.5. The molecule has 0 bridgehead atoms. The van der Waals surface area contributed by atoms with Gasteiger partial charge < -0.3 is 20.1 Å². The van der Waals surface area contributed by atoms with Crippen LogP contribution in [0.2, 0.25) is 0 Å². The zero-order valence-corrected chi connectivity index (χ0v) is 19.5. The summed E-state index contributed by atoms with van der Waals surface area (Å²) in [6.45, 7) is 9.63. The van der Waals surface area contributed by atoms with E-state index in [4.69, 9.17) is 9.47 Å². The summed E-state index contributed by atoms with van der Waals surface area (Å²) in [4.78, 5) is 24.5. The van der Waals surface area contributed by atoms with Crippen molar-refractivity contribution in [2.75, 3.05) is 6.61 Å². The Morgan fingerprint density at radius 3 is 2.24 bits per heavy atom. The quantitative estimate of drug-likeness (QED) is 0.558. The lowest BCUT2D eigenvalue weighted by atomic mass is 9.98. The summed E-state index contributed by atoms with van der Waals surface area (Å²) in [5.74, 6) is 0.297. The lowest BCUT2D eigenvalue weighted by Crippen LogP contribution is -2.37. The van der Waals surface area contributed by atoms with Gasteiger partial charge in [0.2, 0.25) is 0 Å². The van der Waals surface area contributed by atoms with Gasteiger partial charge in [0.05, 0.1) is 6.04 Å². The number of alkyl carbamates (subject to hydrolysis) is 2. The van der Waals surface area contributed by atoms with E-state index in [-0.39, 0.29) is 30.5 Å². The number of ether oxygens (including phenoxy) is 2. The van der Waals surface area contributed by atoms with Crippen LogP contribution in [0.1, 0.15) is 50.7 Å². The molecular formula is C27H32N2O4. The molecule has 0 aromatic heterocycles. The molecule has 0 radical (unpaired) electrons. The van der Waals surface area contributed by atoms with Crippen molar-refractivity contribution >= 4 is 12.2 Å². The lowest BCUT2D eigenvalue weighted by Gasteiger charge is -2.20. The molecule has 0 spiro atoms. The van der Waals surface area contributed by atoms with Crippen LogP contribution in [0.3, 0.4) is 0 Å². The fourth-order valence-corrected chi connectivity index (χ4v) is 4.48. The topological polar surface area (TPSA) is 76.7 Å². The van der Waals surface area contributed by atoms with E-state index in [9.17, 15) is 9.59 Å². The van der Waals surface area contributed by atoms with Gasteiger partial charge in [0.25, 0.3) is 0 Å². The number of nitrogens with one attached hydrogen (secondary N) is 2. The van der Waals surface area contributed by atoms with E-state index in [0.717, 1.165) is 6.42 Å². The first kappa shape index (κ1) is 22.9. The molecule has 33 heavy (non-hydrogen) atoms. The van der Waals surface area contributed by atoms with Crippen LogP contribution in [-0.4, -0.2) is 36.5 Å². The Kier molecular flexibility index (Phi) is 6.45. The molecule has 0 aliphatic heterocycles. The molecule has 0 heterocycles. The molecule has 174 valence electrons. The molecule has 2 aromatic rings. The summed E-state index contributed by atoms with van der Waals surface area (Å²) >= 11 is 0. The smallest absolute Gasteiger partial charge is 0.407 e. The third-order valence-corrected chi connectivity index (χ3v) is 6.11. The van der Waals surface area contributed by atoms with E-state index in [0.29, 0.717) is 6.42 Å². The minimum absolute atomic E-state index is 0.0242. The number of amides is 2. The molecule has 0 saturated heterocycles. The molecule has 1 fully saturated rings. The number of fused-ring (bicyclic) bond motifs is 3. The van der Waals surface area contributed by atoms with Crippen LogP contribution >= 0.6 is 0 Å². The summed E-state index contributed by atoms with van der Waals surface area (Å²) in [7, 11) is 0. The van der Waals surface area contributed by atoms with Crippen molar-refractivity contribution in [1.29, 1.82) is 0 Å². The van der Waals surface area contributed by atoms with Gasteiger partial charge in [-0.2, -0.15) is 0 Å². The number of carbonyl (C=O) groups excluding carboxylic acids is 2. The third-order valence-electron chi connectivity index (χ3n) is 6.11. The van der Waals surface area contributed by atoms with E-state index in [1.165, 1.54) is 22.3 Å². The normalized spacial score (nSPS) is 19.6. The largest absolute Gasteiger partial charge is 0.449 e. The average molecular weight is 449 g/mol. The second kappa shape index (κ2) is 9.30. The second-order valence-corrected chi connectivity index (χ2v) is 9.80. The van der Waals surface area contributed by atoms with Crippen molar-refractivity contribution in [3.8, 4) is 11.1 Å². The SMILES string of the molecule is C=C[C@H](C[C@H]1C[C@@H]1NC(=O)OC(C)(C)C)NC(=O)OCC1c2ccccc2-c2ccccc21. The first-order valence-electron chi connectivity index (χ1n) is 11.5. The van der Waals surface area contributed by atoms with Gasteiger partial charge in [-0.3, -0.25) is 0 Å². The second-order valence-electron chi connectivity index (χ2n) is 9.80. The Morgan fingerprint density at radius 1 is 1.06 bits per heavy atom. The van der Waals surface area contributed by atoms with Gasteiger partial charge in [-0.1, -0.05) is 54.6 Å². The Bertz CT molecular complexity index is 997. The van der Waals surface area contributed by atoms with Crippen LogP contribution in [0, 0.1) is 5.92 Å². The molecule has 2 aliphatic carbocycles. The van der Waals surface area contributed by atoms with Gasteiger partial charge in [-0.25, -0.2) is 9.59 Å². The molecule has 2 aliphatic rings. The highest BCUT2D eigenvalue weighted by molar-refractivity contribution is 5.79. The van der Waals surface area contributed by atoms with Crippen molar-refractivity contribution in [3.63, 3.8) is 0 Å². The van der Waals surface area contributed by atoms with Crippen LogP contribution < -0.4 is 10.6 Å². The van der Waals surface area contributed by atoms with Crippen molar-refractivity contribution in [3.05, 3.63) is 72.3 Å². The van der Waals surface area contributed by atoms with Crippen LogP contribution in [-0.2, 0) is 9.47 Å². The van der Waals surface area contributed by atoms with Gasteiger partial charge in [0.1, 0.15) is 12.2 Å². The van der Waals surface area contributed by atoms with Crippen molar-refractivity contribution in [2.24, 2.45) is 5.92 Å². The van der Waals surface area contributed by atoms with Crippen LogP contribution in [0.25, 0.3) is 11.1 Å². The predicted molar refractivity (Wildman–Crippen MR) is 128 cm³/mol. The molecule has 1 saturated carbocycles. The van der Waals surface area contributed by atoms with Gasteiger partial charge in [-0.15, -0.1) is 6.58 Å². The minimum atomic E-state index is -0.524. The first-order valence-corrected chi connectivity index (χ1v) is 11.5. The van der Waals surface area contributed by atoms with Gasteiger partial charge in [-0.05, 0) is 61.8 Å². The average Bonchev–Trinajstić information content (AvgIpc) is 3.40. The standard InChI is InChI=1S/C27H32N2O4/c1-5-18(14-17-15-24(17)29-26(31)33-27(2,3)4)28-25(30)32-16-23-21-12-8-6-10-19(21)20-11-7-9-13-22(20)23/h5-13,17-18,23-24H,1,14-16H2,2-4H3,(H,28,30)(H,29,31)/t17-,18+,24-/m0/s1. The Hall–Kier alpha value is -3.28. The zero-order valence-electron chi connectivity index (χ0n) is 19.5. The fraction of sp³-hybridized carbons (Fsp3) is 0.407. The number of carbonyl (C=O) groups is 2. The summed E-state index contributed by atoms with van der Waals surface area (Å²) < 4.78 is 10.9. The van der Waals surface area contributed by atoms with Crippen molar-refractivity contribution in [2.45, 2.75) is 57.2 Å². The Balaban J connectivity index is 1.27. The number of hydrogen-bond acceptors (Lipinski definition) is 4. The highest BCUT2D eigenvalue weighted by Gasteiger charge is 2.40. The molecule has 6 nitrogen and oxygen atoms in total. The van der Waals surface area contributed by atoms with E-state index < -0.39 is 17.8 Å². The third kappa shape index (κ3) is 5.56. The molecule has 0 unspecified atom stereocenters. The molecule has 4 rings (SSSR count). The van der Waals surface area contributed by atoms with Crippen LogP contribution in [0.5, 0.6) is 0 Å². The fourth-order valence-electron chi connectivity index (χ4n) is 4.48. The van der Waals surface area contributed by atoms with E-state index in [1.54, 1.807) is 6.08 Å². The van der Waals surface area contributed by atoms with Crippen LogP contribution in [0.4, 0.5) is 9.59 Å². The van der Waals surface area contributed by atoms with Crippen molar-refractivity contribution < 1.29 is 19.1 Å². The highest BCUT2D eigenvalue weighted by Crippen LogP contribution is 2.44. The van der Waals surface area contributed by atoms with Gasteiger partial charge in [0.15, 0.2) is 0 Å². The Labute approximate surface area is 195 Å². The molecular weight excluding hydrogens is 416 g/mol. The van der Waals surface area contributed by atoms with Gasteiger partial charge >= 0.3 is 12.2 Å². The molecule has 3 atom stereocenters. The summed E-state index contributed by atoms with van der Waals surface area (Å²) in [5.41, 5.74) is 4.23. The molecule has 2 amide bonds. The summed E-state index contributed by atoms with van der Waals surface area (Å²) in [6.07, 6.45) is 2.39. The highest BCUT2D eigenvalue weighted by atomic mass is 16.6. The summed E-state index contributed by atoms with van der Waals surface area (Å²) in [6, 6.07) is 16.3. The maximum Gasteiger partial charge on any atom is 0.407 e. The maximum atomic E-state index is 12.5.